The standard InChI is InChI=1S/C16H23N3S/c1-2-17-16(20)19-13-11-18(12-14-19)10-6-9-15-7-4-3-5-8-15/h3-9H,2,10-14H2,1H3,(H,17,20)/b9-6+. The van der Waals surface area contributed by atoms with Gasteiger partial charge in [-0.1, -0.05) is 42.5 Å². The van der Waals surface area contributed by atoms with Crippen molar-refractivity contribution in [3.63, 3.8) is 0 Å². The summed E-state index contributed by atoms with van der Waals surface area (Å²) in [6.45, 7) is 8.18. The van der Waals surface area contributed by atoms with Crippen LogP contribution in [0.1, 0.15) is 12.5 Å². The number of hydrogen-bond donors (Lipinski definition) is 1. The first-order valence-electron chi connectivity index (χ1n) is 7.26. The van der Waals surface area contributed by atoms with Gasteiger partial charge in [-0.3, -0.25) is 4.90 Å². The van der Waals surface area contributed by atoms with E-state index in [2.05, 4.69) is 58.5 Å². The fourth-order valence-corrected chi connectivity index (χ4v) is 2.63. The van der Waals surface area contributed by atoms with Crippen molar-refractivity contribution >= 4 is 23.4 Å². The maximum absolute atomic E-state index is 5.35. The molecule has 0 radical (unpaired) electrons. The summed E-state index contributed by atoms with van der Waals surface area (Å²) in [6.07, 6.45) is 4.43. The predicted octanol–water partition coefficient (Wildman–Crippen LogP) is 2.21. The summed E-state index contributed by atoms with van der Waals surface area (Å²) in [7, 11) is 0. The SMILES string of the molecule is CCNC(=S)N1CCN(C/C=C/c2ccccc2)CC1. The van der Waals surface area contributed by atoms with Crippen LogP contribution < -0.4 is 5.32 Å². The second kappa shape index (κ2) is 8.02. The van der Waals surface area contributed by atoms with Gasteiger partial charge in [0, 0.05) is 39.3 Å². The average Bonchev–Trinajstić information content (AvgIpc) is 2.49. The molecule has 0 aliphatic carbocycles. The second-order valence-corrected chi connectivity index (χ2v) is 5.32. The normalized spacial score (nSPS) is 16.6. The van der Waals surface area contributed by atoms with Crippen LogP contribution in [0.15, 0.2) is 36.4 Å². The molecule has 0 aromatic heterocycles. The molecule has 1 aromatic rings. The number of rotatable bonds is 4. The monoisotopic (exact) mass is 289 g/mol. The van der Waals surface area contributed by atoms with Gasteiger partial charge in [0.15, 0.2) is 5.11 Å². The molecular formula is C16H23N3S. The van der Waals surface area contributed by atoms with Crippen LogP contribution in [0, 0.1) is 0 Å². The first kappa shape index (κ1) is 15.0. The highest BCUT2D eigenvalue weighted by Crippen LogP contribution is 2.04. The van der Waals surface area contributed by atoms with Crippen molar-refractivity contribution in [3.05, 3.63) is 42.0 Å². The van der Waals surface area contributed by atoms with E-state index in [-0.39, 0.29) is 0 Å². The molecule has 1 aliphatic rings. The van der Waals surface area contributed by atoms with Crippen LogP contribution in [0.25, 0.3) is 6.08 Å². The lowest BCUT2D eigenvalue weighted by molar-refractivity contribution is 0.197. The number of nitrogens with one attached hydrogen (secondary N) is 1. The summed E-state index contributed by atoms with van der Waals surface area (Å²) in [6, 6.07) is 10.4. The van der Waals surface area contributed by atoms with E-state index >= 15 is 0 Å². The lowest BCUT2D eigenvalue weighted by Gasteiger charge is -2.35. The van der Waals surface area contributed by atoms with E-state index in [1.54, 1.807) is 0 Å². The predicted molar refractivity (Wildman–Crippen MR) is 89.8 cm³/mol. The van der Waals surface area contributed by atoms with E-state index in [4.69, 9.17) is 12.2 Å². The van der Waals surface area contributed by atoms with Crippen molar-refractivity contribution in [2.75, 3.05) is 39.3 Å². The molecule has 1 saturated heterocycles. The Hall–Kier alpha value is -1.39. The fraction of sp³-hybridized carbons (Fsp3) is 0.438. The molecule has 0 saturated carbocycles. The minimum atomic E-state index is 0.895. The average molecular weight is 289 g/mol. The van der Waals surface area contributed by atoms with Gasteiger partial charge < -0.3 is 10.2 Å². The second-order valence-electron chi connectivity index (χ2n) is 4.94. The van der Waals surface area contributed by atoms with Crippen LogP contribution in [-0.4, -0.2) is 54.2 Å². The largest absolute Gasteiger partial charge is 0.363 e. The minimum absolute atomic E-state index is 0.895. The molecule has 1 aliphatic heterocycles. The zero-order valence-electron chi connectivity index (χ0n) is 12.1. The quantitative estimate of drug-likeness (QED) is 0.856. The third-order valence-electron chi connectivity index (χ3n) is 3.46. The van der Waals surface area contributed by atoms with E-state index < -0.39 is 0 Å². The summed E-state index contributed by atoms with van der Waals surface area (Å²) in [5.41, 5.74) is 1.26. The van der Waals surface area contributed by atoms with Gasteiger partial charge in [-0.15, -0.1) is 0 Å². The Morgan fingerprint density at radius 1 is 1.20 bits per heavy atom. The van der Waals surface area contributed by atoms with E-state index in [1.807, 2.05) is 6.07 Å². The Labute approximate surface area is 127 Å². The molecule has 0 amide bonds. The molecule has 2 rings (SSSR count). The topological polar surface area (TPSA) is 18.5 Å². The number of hydrogen-bond acceptors (Lipinski definition) is 2. The molecule has 1 N–H and O–H groups in total. The zero-order chi connectivity index (χ0) is 14.2. The van der Waals surface area contributed by atoms with E-state index in [0.717, 1.165) is 44.4 Å². The van der Waals surface area contributed by atoms with Gasteiger partial charge in [-0.2, -0.15) is 0 Å². The number of benzene rings is 1. The van der Waals surface area contributed by atoms with Crippen LogP contribution in [0.5, 0.6) is 0 Å². The highest BCUT2D eigenvalue weighted by atomic mass is 32.1. The Kier molecular flexibility index (Phi) is 6.02. The van der Waals surface area contributed by atoms with Gasteiger partial charge in [0.1, 0.15) is 0 Å². The van der Waals surface area contributed by atoms with E-state index in [1.165, 1.54) is 5.56 Å². The first-order chi connectivity index (χ1) is 9.79. The highest BCUT2D eigenvalue weighted by molar-refractivity contribution is 7.80. The molecule has 108 valence electrons. The molecule has 1 heterocycles. The van der Waals surface area contributed by atoms with Gasteiger partial charge in [0.25, 0.3) is 0 Å². The van der Waals surface area contributed by atoms with Gasteiger partial charge in [-0.25, -0.2) is 0 Å². The Bertz CT molecular complexity index is 436. The van der Waals surface area contributed by atoms with Crippen molar-refractivity contribution in [2.24, 2.45) is 0 Å². The number of thiocarbonyl (C=S) groups is 1. The summed E-state index contributed by atoms with van der Waals surface area (Å²) in [5, 5.41) is 4.11. The van der Waals surface area contributed by atoms with Crippen LogP contribution in [-0.2, 0) is 0 Å². The van der Waals surface area contributed by atoms with Crippen LogP contribution in [0.3, 0.4) is 0 Å². The first-order valence-corrected chi connectivity index (χ1v) is 7.67. The van der Waals surface area contributed by atoms with Crippen molar-refractivity contribution in [3.8, 4) is 0 Å². The fourth-order valence-electron chi connectivity index (χ4n) is 2.30. The third kappa shape index (κ3) is 4.62. The molecule has 3 nitrogen and oxygen atoms in total. The van der Waals surface area contributed by atoms with Crippen LogP contribution in [0.4, 0.5) is 0 Å². The third-order valence-corrected chi connectivity index (χ3v) is 3.86. The lowest BCUT2D eigenvalue weighted by Crippen LogP contribution is -2.51. The summed E-state index contributed by atoms with van der Waals surface area (Å²) < 4.78 is 0. The maximum Gasteiger partial charge on any atom is 0.169 e. The molecule has 20 heavy (non-hydrogen) atoms. The molecule has 0 unspecified atom stereocenters. The molecule has 0 bridgehead atoms. The van der Waals surface area contributed by atoms with Crippen molar-refractivity contribution in [1.29, 1.82) is 0 Å². The van der Waals surface area contributed by atoms with E-state index in [0.29, 0.717) is 0 Å². The van der Waals surface area contributed by atoms with E-state index in [9.17, 15) is 0 Å². The summed E-state index contributed by atoms with van der Waals surface area (Å²) in [4.78, 5) is 4.72. The molecule has 0 spiro atoms. The molecule has 1 fully saturated rings. The van der Waals surface area contributed by atoms with Gasteiger partial charge in [0.2, 0.25) is 0 Å². The Morgan fingerprint density at radius 2 is 1.90 bits per heavy atom. The lowest BCUT2D eigenvalue weighted by atomic mass is 10.2. The Balaban J connectivity index is 1.72. The van der Waals surface area contributed by atoms with Crippen molar-refractivity contribution in [1.82, 2.24) is 15.1 Å². The van der Waals surface area contributed by atoms with Crippen LogP contribution in [0.2, 0.25) is 0 Å². The Morgan fingerprint density at radius 3 is 2.55 bits per heavy atom. The number of nitrogens with zero attached hydrogens (tertiary/aromatic N) is 2. The highest BCUT2D eigenvalue weighted by Gasteiger charge is 2.17. The number of piperazine rings is 1. The molecule has 4 heteroatoms. The van der Waals surface area contributed by atoms with Gasteiger partial charge >= 0.3 is 0 Å². The smallest absolute Gasteiger partial charge is 0.169 e. The summed E-state index contributed by atoms with van der Waals surface area (Å²) >= 11 is 5.35. The zero-order valence-corrected chi connectivity index (χ0v) is 12.9. The van der Waals surface area contributed by atoms with Crippen molar-refractivity contribution in [2.45, 2.75) is 6.92 Å². The molecule has 1 aromatic carbocycles. The van der Waals surface area contributed by atoms with Gasteiger partial charge in [-0.05, 0) is 24.7 Å². The van der Waals surface area contributed by atoms with Gasteiger partial charge in [0.05, 0.1) is 0 Å². The molecule has 0 atom stereocenters. The minimum Gasteiger partial charge on any atom is -0.363 e. The van der Waals surface area contributed by atoms with Crippen molar-refractivity contribution < 1.29 is 0 Å². The maximum atomic E-state index is 5.35. The van der Waals surface area contributed by atoms with Crippen LogP contribution >= 0.6 is 12.2 Å². The molecular weight excluding hydrogens is 266 g/mol. The summed E-state index contributed by atoms with van der Waals surface area (Å²) in [5.74, 6) is 0.